The Labute approximate surface area is 122 Å². The van der Waals surface area contributed by atoms with Gasteiger partial charge in [0.05, 0.1) is 17.4 Å². The number of carboxylic acids is 1. The molecule has 0 amide bonds. The molecule has 104 valence electrons. The van der Waals surface area contributed by atoms with Gasteiger partial charge in [0.25, 0.3) is 0 Å². The summed E-state index contributed by atoms with van der Waals surface area (Å²) in [5, 5.41) is 10.7. The topological polar surface area (TPSA) is 57.4 Å². The van der Waals surface area contributed by atoms with Crippen molar-refractivity contribution in [1.29, 1.82) is 0 Å². The summed E-state index contributed by atoms with van der Waals surface area (Å²) in [7, 11) is 0. The molecule has 2 aromatic heterocycles. The number of imidazole rings is 1. The van der Waals surface area contributed by atoms with Crippen LogP contribution in [0.1, 0.15) is 11.3 Å². The van der Waals surface area contributed by atoms with Crippen molar-refractivity contribution in [3.63, 3.8) is 0 Å². The molecule has 0 saturated heterocycles. The first-order valence-corrected chi connectivity index (χ1v) is 6.58. The minimum atomic E-state index is -1.23. The van der Waals surface area contributed by atoms with Crippen LogP contribution in [0, 0.1) is 6.92 Å². The summed E-state index contributed by atoms with van der Waals surface area (Å²) in [6.45, 7) is 2.02. The van der Waals surface area contributed by atoms with Crippen molar-refractivity contribution in [3.05, 3.63) is 66.0 Å². The van der Waals surface area contributed by atoms with Gasteiger partial charge in [-0.25, -0.2) is 4.98 Å². The summed E-state index contributed by atoms with van der Waals surface area (Å²) in [4.78, 5) is 15.3. The van der Waals surface area contributed by atoms with Crippen LogP contribution in [0.2, 0.25) is 0 Å². The maximum atomic E-state index is 10.7. The lowest BCUT2D eigenvalue weighted by molar-refractivity contribution is -0.297. The maximum absolute atomic E-state index is 10.7. The van der Waals surface area contributed by atoms with E-state index in [2.05, 4.69) is 4.98 Å². The summed E-state index contributed by atoms with van der Waals surface area (Å²) < 4.78 is 1.86. The lowest BCUT2D eigenvalue weighted by Gasteiger charge is -2.02. The Bertz CT molecular complexity index is 830. The zero-order valence-corrected chi connectivity index (χ0v) is 11.5. The highest BCUT2D eigenvalue weighted by Crippen LogP contribution is 2.25. The molecule has 0 saturated carbocycles. The van der Waals surface area contributed by atoms with Crippen molar-refractivity contribution >= 4 is 17.7 Å². The van der Waals surface area contributed by atoms with E-state index in [0.717, 1.165) is 34.2 Å². The summed E-state index contributed by atoms with van der Waals surface area (Å²) in [5.74, 6) is -1.23. The molecule has 3 aromatic rings. The van der Waals surface area contributed by atoms with E-state index in [-0.39, 0.29) is 0 Å². The summed E-state index contributed by atoms with van der Waals surface area (Å²) >= 11 is 0. The van der Waals surface area contributed by atoms with Crippen LogP contribution in [0.3, 0.4) is 0 Å². The predicted molar refractivity (Wildman–Crippen MR) is 79.4 cm³/mol. The van der Waals surface area contributed by atoms with E-state index in [1.165, 1.54) is 6.08 Å². The van der Waals surface area contributed by atoms with Gasteiger partial charge in [-0.3, -0.25) is 4.40 Å². The van der Waals surface area contributed by atoms with Gasteiger partial charge in [-0.05, 0) is 31.2 Å². The number of carbonyl (C=O) groups is 1. The van der Waals surface area contributed by atoms with Gasteiger partial charge in [0, 0.05) is 11.8 Å². The first-order valence-electron chi connectivity index (χ1n) is 6.58. The second-order valence-electron chi connectivity index (χ2n) is 4.79. The number of pyridine rings is 1. The zero-order valence-electron chi connectivity index (χ0n) is 11.5. The number of nitrogens with zero attached hydrogens (tertiary/aromatic N) is 2. The van der Waals surface area contributed by atoms with Crippen molar-refractivity contribution in [2.75, 3.05) is 0 Å². The summed E-state index contributed by atoms with van der Waals surface area (Å²) in [5.41, 5.74) is 4.35. The Kier molecular flexibility index (Phi) is 3.28. The van der Waals surface area contributed by atoms with Gasteiger partial charge in [-0.15, -0.1) is 0 Å². The number of hydrogen-bond acceptors (Lipinski definition) is 3. The molecule has 0 N–H and O–H groups in total. The zero-order chi connectivity index (χ0) is 14.8. The number of carbonyl (C=O) groups excluding carboxylic acids is 1. The maximum Gasteiger partial charge on any atom is 0.137 e. The van der Waals surface area contributed by atoms with Crippen LogP contribution in [0.25, 0.3) is 23.0 Å². The van der Waals surface area contributed by atoms with Crippen molar-refractivity contribution in [1.82, 2.24) is 9.38 Å². The van der Waals surface area contributed by atoms with E-state index in [4.69, 9.17) is 0 Å². The van der Waals surface area contributed by atoms with Crippen LogP contribution in [0.15, 0.2) is 54.7 Å². The second-order valence-corrected chi connectivity index (χ2v) is 4.79. The van der Waals surface area contributed by atoms with Gasteiger partial charge in [0.15, 0.2) is 0 Å². The van der Waals surface area contributed by atoms with Gasteiger partial charge in [0.1, 0.15) is 5.65 Å². The fraction of sp³-hybridized carbons (Fsp3) is 0.0588. The molecule has 3 rings (SSSR count). The number of aryl methyl sites for hydroxylation is 1. The number of rotatable bonds is 3. The van der Waals surface area contributed by atoms with Crippen LogP contribution in [0.4, 0.5) is 0 Å². The number of aromatic nitrogens is 2. The average Bonchev–Trinajstić information content (AvgIpc) is 2.84. The molecule has 0 atom stereocenters. The Morgan fingerprint density at radius 2 is 1.95 bits per heavy atom. The molecule has 0 aliphatic heterocycles. The fourth-order valence-electron chi connectivity index (χ4n) is 2.24. The molecule has 0 radical (unpaired) electrons. The minimum Gasteiger partial charge on any atom is -0.545 e. The molecule has 1 aromatic carbocycles. The van der Waals surface area contributed by atoms with Crippen molar-refractivity contribution in [3.8, 4) is 11.3 Å². The number of fused-ring (bicyclic) bond motifs is 1. The van der Waals surface area contributed by atoms with Crippen molar-refractivity contribution < 1.29 is 9.90 Å². The Morgan fingerprint density at radius 3 is 2.67 bits per heavy atom. The minimum absolute atomic E-state index is 0.721. The van der Waals surface area contributed by atoms with Crippen molar-refractivity contribution in [2.24, 2.45) is 0 Å². The second kappa shape index (κ2) is 5.25. The monoisotopic (exact) mass is 277 g/mol. The van der Waals surface area contributed by atoms with Gasteiger partial charge >= 0.3 is 0 Å². The van der Waals surface area contributed by atoms with E-state index in [0.29, 0.717) is 0 Å². The number of carboxylic acid groups (broad SMARTS) is 1. The highest BCUT2D eigenvalue weighted by Gasteiger charge is 2.11. The van der Waals surface area contributed by atoms with Crippen LogP contribution in [-0.2, 0) is 4.79 Å². The fourth-order valence-corrected chi connectivity index (χ4v) is 2.24. The molecule has 0 aliphatic rings. The molecule has 0 bridgehead atoms. The van der Waals surface area contributed by atoms with Gasteiger partial charge in [0.2, 0.25) is 0 Å². The van der Waals surface area contributed by atoms with Crippen LogP contribution in [-0.4, -0.2) is 15.4 Å². The highest BCUT2D eigenvalue weighted by molar-refractivity contribution is 5.86. The SMILES string of the molecule is Cc1ccc(-c2nc3ccccn3c2/C=C/C(=O)[O-])cc1. The van der Waals surface area contributed by atoms with Gasteiger partial charge < -0.3 is 9.90 Å². The lowest BCUT2D eigenvalue weighted by Crippen LogP contribution is -2.18. The lowest BCUT2D eigenvalue weighted by atomic mass is 10.1. The molecule has 4 heteroatoms. The van der Waals surface area contributed by atoms with E-state index < -0.39 is 5.97 Å². The third-order valence-electron chi connectivity index (χ3n) is 3.27. The predicted octanol–water partition coefficient (Wildman–Crippen LogP) is 2.07. The van der Waals surface area contributed by atoms with E-state index in [1.807, 2.05) is 60.0 Å². The largest absolute Gasteiger partial charge is 0.545 e. The van der Waals surface area contributed by atoms with Gasteiger partial charge in [-0.2, -0.15) is 0 Å². The van der Waals surface area contributed by atoms with Crippen LogP contribution < -0.4 is 5.11 Å². The number of hydrogen-bond donors (Lipinski definition) is 0. The molecular formula is C17H13N2O2-. The van der Waals surface area contributed by atoms with Crippen LogP contribution >= 0.6 is 0 Å². The molecular weight excluding hydrogens is 264 g/mol. The molecule has 0 unspecified atom stereocenters. The van der Waals surface area contributed by atoms with E-state index in [1.54, 1.807) is 0 Å². The molecule has 21 heavy (non-hydrogen) atoms. The van der Waals surface area contributed by atoms with E-state index >= 15 is 0 Å². The molecule has 0 aliphatic carbocycles. The Morgan fingerprint density at radius 1 is 1.19 bits per heavy atom. The first kappa shape index (κ1) is 13.1. The first-order chi connectivity index (χ1) is 10.1. The van der Waals surface area contributed by atoms with E-state index in [9.17, 15) is 9.90 Å². The number of benzene rings is 1. The number of aliphatic carboxylic acids is 1. The Balaban J connectivity index is 2.23. The Hall–Kier alpha value is -2.88. The average molecular weight is 277 g/mol. The van der Waals surface area contributed by atoms with Gasteiger partial charge in [-0.1, -0.05) is 35.9 Å². The smallest absolute Gasteiger partial charge is 0.137 e. The molecule has 2 heterocycles. The molecule has 0 fully saturated rings. The standard InChI is InChI=1S/C17H14N2O2/c1-12-5-7-13(8-6-12)17-14(9-10-16(20)21)19-11-3-2-4-15(19)18-17/h2-11H,1H3,(H,20,21)/p-1/b10-9+. The summed E-state index contributed by atoms with van der Waals surface area (Å²) in [6.07, 6.45) is 4.40. The van der Waals surface area contributed by atoms with Crippen LogP contribution in [0.5, 0.6) is 0 Å². The van der Waals surface area contributed by atoms with Crippen molar-refractivity contribution in [2.45, 2.75) is 6.92 Å². The third kappa shape index (κ3) is 2.56. The third-order valence-corrected chi connectivity index (χ3v) is 3.27. The summed E-state index contributed by atoms with van der Waals surface area (Å²) in [6, 6.07) is 13.6. The molecule has 4 nitrogen and oxygen atoms in total. The molecule has 0 spiro atoms. The normalized spacial score (nSPS) is 11.3. The highest BCUT2D eigenvalue weighted by atomic mass is 16.4. The quantitative estimate of drug-likeness (QED) is 0.689.